The summed E-state index contributed by atoms with van der Waals surface area (Å²) in [7, 11) is 0. The van der Waals surface area contributed by atoms with E-state index < -0.39 is 0 Å². The highest BCUT2D eigenvalue weighted by atomic mass is 16.3. The number of aliphatic hydroxyl groups is 1. The summed E-state index contributed by atoms with van der Waals surface area (Å²) in [5, 5.41) is 12.1. The zero-order valence-corrected chi connectivity index (χ0v) is 9.65. The third kappa shape index (κ3) is 4.03. The van der Waals surface area contributed by atoms with Crippen molar-refractivity contribution < 1.29 is 9.90 Å². The van der Waals surface area contributed by atoms with Crippen LogP contribution in [-0.4, -0.2) is 17.6 Å². The minimum atomic E-state index is -0.287. The number of nitrogens with one attached hydrogen (secondary N) is 1. The molecule has 3 heteroatoms. The lowest BCUT2D eigenvalue weighted by Crippen LogP contribution is -2.30. The number of hydrogen-bond acceptors (Lipinski definition) is 2. The Bertz CT molecular complexity index is 311. The molecule has 16 heavy (non-hydrogen) atoms. The van der Waals surface area contributed by atoms with Gasteiger partial charge in [-0.05, 0) is 12.0 Å². The molecule has 0 spiro atoms. The van der Waals surface area contributed by atoms with Gasteiger partial charge in [0.2, 0.25) is 5.91 Å². The minimum absolute atomic E-state index is 0.00440. The van der Waals surface area contributed by atoms with Crippen LogP contribution in [0, 0.1) is 0 Å². The molecule has 2 N–H and O–H groups in total. The number of aliphatic hydroxyl groups excluding tert-OH is 1. The van der Waals surface area contributed by atoms with Gasteiger partial charge in [0.15, 0.2) is 0 Å². The summed E-state index contributed by atoms with van der Waals surface area (Å²) in [5.41, 5.74) is 0.940. The predicted octanol–water partition coefficient (Wildman–Crippen LogP) is 2.03. The van der Waals surface area contributed by atoms with Gasteiger partial charge >= 0.3 is 0 Å². The van der Waals surface area contributed by atoms with Gasteiger partial charge in [0.05, 0.1) is 12.6 Å². The SMILES string of the molecule is CCCCC(=O)NC(CO)c1ccccc1. The fourth-order valence-electron chi connectivity index (χ4n) is 1.52. The summed E-state index contributed by atoms with van der Waals surface area (Å²) >= 11 is 0. The summed E-state index contributed by atoms with van der Waals surface area (Å²) in [5.74, 6) is 0.00440. The van der Waals surface area contributed by atoms with Crippen molar-refractivity contribution in [2.75, 3.05) is 6.61 Å². The van der Waals surface area contributed by atoms with Gasteiger partial charge < -0.3 is 10.4 Å². The number of rotatable bonds is 6. The molecule has 0 aliphatic rings. The lowest BCUT2D eigenvalue weighted by molar-refractivity contribution is -0.122. The Morgan fingerprint density at radius 2 is 2.06 bits per heavy atom. The molecule has 0 aliphatic carbocycles. The molecule has 1 atom stereocenters. The van der Waals surface area contributed by atoms with Gasteiger partial charge in [-0.2, -0.15) is 0 Å². The number of amides is 1. The lowest BCUT2D eigenvalue weighted by Gasteiger charge is -2.16. The van der Waals surface area contributed by atoms with Crippen molar-refractivity contribution in [3.8, 4) is 0 Å². The van der Waals surface area contributed by atoms with E-state index in [0.717, 1.165) is 18.4 Å². The van der Waals surface area contributed by atoms with Crippen LogP contribution in [0.25, 0.3) is 0 Å². The van der Waals surface area contributed by atoms with E-state index in [9.17, 15) is 9.90 Å². The molecule has 88 valence electrons. The van der Waals surface area contributed by atoms with Crippen LogP contribution in [0.2, 0.25) is 0 Å². The highest BCUT2D eigenvalue weighted by molar-refractivity contribution is 5.76. The van der Waals surface area contributed by atoms with Crippen molar-refractivity contribution in [2.24, 2.45) is 0 Å². The Morgan fingerprint density at radius 3 is 2.62 bits per heavy atom. The largest absolute Gasteiger partial charge is 0.394 e. The second-order valence-corrected chi connectivity index (χ2v) is 3.82. The molecule has 0 radical (unpaired) electrons. The zero-order valence-electron chi connectivity index (χ0n) is 9.65. The van der Waals surface area contributed by atoms with Gasteiger partial charge in [0.25, 0.3) is 0 Å². The first-order valence-corrected chi connectivity index (χ1v) is 5.73. The molecule has 1 aromatic rings. The van der Waals surface area contributed by atoms with Crippen LogP contribution in [0.15, 0.2) is 30.3 Å². The van der Waals surface area contributed by atoms with Crippen LogP contribution in [0.3, 0.4) is 0 Å². The van der Waals surface area contributed by atoms with Gasteiger partial charge in [-0.3, -0.25) is 4.79 Å². The molecule has 1 amide bonds. The average molecular weight is 221 g/mol. The molecule has 0 saturated heterocycles. The fraction of sp³-hybridized carbons (Fsp3) is 0.462. The van der Waals surface area contributed by atoms with E-state index >= 15 is 0 Å². The van der Waals surface area contributed by atoms with E-state index in [1.165, 1.54) is 0 Å². The number of unbranched alkanes of at least 4 members (excludes halogenated alkanes) is 1. The number of carbonyl (C=O) groups excluding carboxylic acids is 1. The van der Waals surface area contributed by atoms with Crippen molar-refractivity contribution in [3.63, 3.8) is 0 Å². The van der Waals surface area contributed by atoms with Gasteiger partial charge in [-0.25, -0.2) is 0 Å². The predicted molar refractivity (Wildman–Crippen MR) is 63.9 cm³/mol. The first-order chi connectivity index (χ1) is 7.77. The second kappa shape index (κ2) is 7.01. The Kier molecular flexibility index (Phi) is 5.57. The summed E-state index contributed by atoms with van der Waals surface area (Å²) in [6.07, 6.45) is 2.42. The molecule has 1 rings (SSSR count). The summed E-state index contributed by atoms with van der Waals surface area (Å²) in [6, 6.07) is 9.23. The third-order valence-electron chi connectivity index (χ3n) is 2.48. The van der Waals surface area contributed by atoms with Crippen LogP contribution in [-0.2, 0) is 4.79 Å². The van der Waals surface area contributed by atoms with Gasteiger partial charge in [-0.15, -0.1) is 0 Å². The van der Waals surface area contributed by atoms with Crippen LogP contribution in [0.1, 0.15) is 37.8 Å². The Balaban J connectivity index is 2.52. The first-order valence-electron chi connectivity index (χ1n) is 5.73. The van der Waals surface area contributed by atoms with Crippen molar-refractivity contribution in [3.05, 3.63) is 35.9 Å². The van der Waals surface area contributed by atoms with Crippen LogP contribution in [0.5, 0.6) is 0 Å². The van der Waals surface area contributed by atoms with E-state index in [-0.39, 0.29) is 18.6 Å². The normalized spacial score (nSPS) is 12.1. The smallest absolute Gasteiger partial charge is 0.220 e. The van der Waals surface area contributed by atoms with E-state index in [1.807, 2.05) is 37.3 Å². The first kappa shape index (κ1) is 12.7. The molecule has 0 saturated carbocycles. The van der Waals surface area contributed by atoms with Crippen molar-refractivity contribution >= 4 is 5.91 Å². The average Bonchev–Trinajstić information content (AvgIpc) is 2.34. The minimum Gasteiger partial charge on any atom is -0.394 e. The van der Waals surface area contributed by atoms with Crippen molar-refractivity contribution in [1.29, 1.82) is 0 Å². The molecule has 1 unspecified atom stereocenters. The van der Waals surface area contributed by atoms with E-state index in [0.29, 0.717) is 6.42 Å². The van der Waals surface area contributed by atoms with Crippen LogP contribution >= 0.6 is 0 Å². The second-order valence-electron chi connectivity index (χ2n) is 3.82. The van der Waals surface area contributed by atoms with Gasteiger partial charge in [-0.1, -0.05) is 43.7 Å². The number of carbonyl (C=O) groups is 1. The molecule has 0 bridgehead atoms. The van der Waals surface area contributed by atoms with E-state index in [2.05, 4.69) is 5.32 Å². The maximum absolute atomic E-state index is 11.5. The molecule has 0 aromatic heterocycles. The highest BCUT2D eigenvalue weighted by Gasteiger charge is 2.12. The lowest BCUT2D eigenvalue weighted by atomic mass is 10.1. The molecule has 1 aromatic carbocycles. The standard InChI is InChI=1S/C13H19NO2/c1-2-3-9-13(16)14-12(10-15)11-7-5-4-6-8-11/h4-8,12,15H,2-3,9-10H2,1H3,(H,14,16). The molecule has 0 fully saturated rings. The van der Waals surface area contributed by atoms with Crippen molar-refractivity contribution in [2.45, 2.75) is 32.2 Å². The Morgan fingerprint density at radius 1 is 1.38 bits per heavy atom. The third-order valence-corrected chi connectivity index (χ3v) is 2.48. The quantitative estimate of drug-likeness (QED) is 0.772. The summed E-state index contributed by atoms with van der Waals surface area (Å²) in [4.78, 5) is 11.5. The number of hydrogen-bond donors (Lipinski definition) is 2. The molecular weight excluding hydrogens is 202 g/mol. The molecule has 3 nitrogen and oxygen atoms in total. The van der Waals surface area contributed by atoms with E-state index in [4.69, 9.17) is 0 Å². The Hall–Kier alpha value is -1.35. The van der Waals surface area contributed by atoms with Crippen LogP contribution < -0.4 is 5.32 Å². The maximum atomic E-state index is 11.5. The van der Waals surface area contributed by atoms with Gasteiger partial charge in [0.1, 0.15) is 0 Å². The summed E-state index contributed by atoms with van der Waals surface area (Å²) < 4.78 is 0. The van der Waals surface area contributed by atoms with Gasteiger partial charge in [0, 0.05) is 6.42 Å². The Labute approximate surface area is 96.5 Å². The number of benzene rings is 1. The zero-order chi connectivity index (χ0) is 11.8. The van der Waals surface area contributed by atoms with E-state index in [1.54, 1.807) is 0 Å². The summed E-state index contributed by atoms with van der Waals surface area (Å²) in [6.45, 7) is 1.98. The molecule has 0 heterocycles. The monoisotopic (exact) mass is 221 g/mol. The highest BCUT2D eigenvalue weighted by Crippen LogP contribution is 2.11. The van der Waals surface area contributed by atoms with Crippen LogP contribution in [0.4, 0.5) is 0 Å². The molecule has 0 aliphatic heterocycles. The maximum Gasteiger partial charge on any atom is 0.220 e. The molecular formula is C13H19NO2. The fourth-order valence-corrected chi connectivity index (χ4v) is 1.52. The topological polar surface area (TPSA) is 49.3 Å². The van der Waals surface area contributed by atoms with Crippen molar-refractivity contribution in [1.82, 2.24) is 5.32 Å².